The van der Waals surface area contributed by atoms with Crippen LogP contribution < -0.4 is 16.4 Å². The number of hydrogen-bond acceptors (Lipinski definition) is 4. The lowest BCUT2D eigenvalue weighted by atomic mass is 9.80. The Kier molecular flexibility index (Phi) is 7.89. The van der Waals surface area contributed by atoms with Crippen molar-refractivity contribution in [1.29, 1.82) is 0 Å². The lowest BCUT2D eigenvalue weighted by Crippen LogP contribution is -2.44. The molecule has 0 aliphatic rings. The second kappa shape index (κ2) is 8.34. The maximum absolute atomic E-state index is 11.8. The van der Waals surface area contributed by atoms with Gasteiger partial charge in [-0.1, -0.05) is 13.8 Å². The van der Waals surface area contributed by atoms with Gasteiger partial charge in [0.1, 0.15) is 0 Å². The normalized spacial score (nSPS) is 13.8. The van der Waals surface area contributed by atoms with Crippen LogP contribution >= 0.6 is 0 Å². The van der Waals surface area contributed by atoms with Gasteiger partial charge in [-0.2, -0.15) is 0 Å². The average Bonchev–Trinajstić information content (AvgIpc) is 2.33. The van der Waals surface area contributed by atoms with Crippen LogP contribution in [0.3, 0.4) is 0 Å². The van der Waals surface area contributed by atoms with E-state index in [9.17, 15) is 14.7 Å². The molecule has 2 amide bonds. The summed E-state index contributed by atoms with van der Waals surface area (Å²) < 4.78 is 0. The van der Waals surface area contributed by atoms with Crippen LogP contribution in [0.4, 0.5) is 0 Å². The number of rotatable bonds is 10. The first kappa shape index (κ1) is 19.9. The highest BCUT2D eigenvalue weighted by molar-refractivity contribution is 5.77. The van der Waals surface area contributed by atoms with Gasteiger partial charge in [0.2, 0.25) is 11.8 Å². The second-order valence-corrected chi connectivity index (χ2v) is 7.11. The van der Waals surface area contributed by atoms with Gasteiger partial charge in [-0.3, -0.25) is 9.59 Å². The lowest BCUT2D eigenvalue weighted by Gasteiger charge is -2.35. The third-order valence-electron chi connectivity index (χ3n) is 3.51. The molecule has 0 heterocycles. The Labute approximate surface area is 127 Å². The van der Waals surface area contributed by atoms with E-state index in [-0.39, 0.29) is 36.1 Å². The van der Waals surface area contributed by atoms with E-state index in [0.717, 1.165) is 6.42 Å². The molecule has 0 aromatic rings. The van der Waals surface area contributed by atoms with Crippen molar-refractivity contribution >= 4 is 11.8 Å². The molecule has 5 N–H and O–H groups in total. The van der Waals surface area contributed by atoms with Gasteiger partial charge in [0, 0.05) is 18.5 Å². The zero-order valence-corrected chi connectivity index (χ0v) is 14.0. The highest BCUT2D eigenvalue weighted by atomic mass is 16.3. The van der Waals surface area contributed by atoms with Gasteiger partial charge >= 0.3 is 0 Å². The van der Waals surface area contributed by atoms with Crippen molar-refractivity contribution in [2.45, 2.75) is 65.0 Å². The number of aliphatic hydroxyl groups excluding tert-OH is 1. The predicted octanol–water partition coefficient (Wildman–Crippen LogP) is 0.533. The fourth-order valence-corrected chi connectivity index (χ4v) is 2.38. The van der Waals surface area contributed by atoms with E-state index in [1.807, 2.05) is 7.05 Å². The fourth-order valence-electron chi connectivity index (χ4n) is 2.38. The summed E-state index contributed by atoms with van der Waals surface area (Å²) in [4.78, 5) is 22.4. The van der Waals surface area contributed by atoms with Gasteiger partial charge in [0.25, 0.3) is 0 Å². The summed E-state index contributed by atoms with van der Waals surface area (Å²) in [6.07, 6.45) is 0.393. The molecule has 0 aromatic heterocycles. The van der Waals surface area contributed by atoms with Gasteiger partial charge in [-0.25, -0.2) is 0 Å². The Morgan fingerprint density at radius 3 is 2.29 bits per heavy atom. The molecule has 0 fully saturated rings. The number of carbonyl (C=O) groups is 2. The Morgan fingerprint density at radius 2 is 1.81 bits per heavy atom. The highest BCUT2D eigenvalue weighted by Crippen LogP contribution is 2.26. The zero-order chi connectivity index (χ0) is 16.7. The minimum atomic E-state index is -0.825. The number of hydrogen-bond donors (Lipinski definition) is 4. The average molecular weight is 301 g/mol. The van der Waals surface area contributed by atoms with Crippen LogP contribution in [0.2, 0.25) is 0 Å². The van der Waals surface area contributed by atoms with Crippen molar-refractivity contribution in [2.75, 3.05) is 13.6 Å². The van der Waals surface area contributed by atoms with Crippen molar-refractivity contribution in [3.63, 3.8) is 0 Å². The van der Waals surface area contributed by atoms with Crippen LogP contribution in [0, 0.1) is 5.41 Å². The fraction of sp³-hybridized carbons (Fsp3) is 0.867. The van der Waals surface area contributed by atoms with E-state index in [1.54, 1.807) is 0 Å². The third-order valence-corrected chi connectivity index (χ3v) is 3.51. The molecule has 0 radical (unpaired) electrons. The maximum Gasteiger partial charge on any atom is 0.222 e. The van der Waals surface area contributed by atoms with Crippen LogP contribution in [0.5, 0.6) is 0 Å². The van der Waals surface area contributed by atoms with E-state index >= 15 is 0 Å². The Balaban J connectivity index is 4.14. The van der Waals surface area contributed by atoms with Crippen LogP contribution in [0.1, 0.15) is 53.4 Å². The smallest absolute Gasteiger partial charge is 0.222 e. The summed E-state index contributed by atoms with van der Waals surface area (Å²) in [5, 5.41) is 15.7. The van der Waals surface area contributed by atoms with Gasteiger partial charge in [-0.05, 0) is 39.2 Å². The van der Waals surface area contributed by atoms with Gasteiger partial charge in [0.15, 0.2) is 0 Å². The minimum Gasteiger partial charge on any atom is -0.393 e. The standard InChI is InChI=1S/C15H31N3O3/c1-14(2,9-15(3,4)17-5)10-18-13(21)8-11(19)6-7-12(16)20/h11,17,19H,6-10H2,1-5H3,(H2,16,20)(H,18,21). The number of primary amides is 1. The lowest BCUT2D eigenvalue weighted by molar-refractivity contribution is -0.124. The molecular formula is C15H31N3O3. The monoisotopic (exact) mass is 301 g/mol. The molecule has 0 spiro atoms. The second-order valence-electron chi connectivity index (χ2n) is 7.11. The molecule has 0 saturated heterocycles. The molecule has 0 aromatic carbocycles. The topological polar surface area (TPSA) is 104 Å². The van der Waals surface area contributed by atoms with E-state index in [2.05, 4.69) is 38.3 Å². The Morgan fingerprint density at radius 1 is 1.24 bits per heavy atom. The van der Waals surface area contributed by atoms with E-state index in [0.29, 0.717) is 6.54 Å². The molecule has 124 valence electrons. The molecule has 1 atom stereocenters. The number of carbonyl (C=O) groups excluding carboxylic acids is 2. The SMILES string of the molecule is CNC(C)(C)CC(C)(C)CNC(=O)CC(O)CCC(N)=O. The van der Waals surface area contributed by atoms with Crippen LogP contribution in [0.25, 0.3) is 0 Å². The molecule has 0 aliphatic heterocycles. The summed E-state index contributed by atoms with van der Waals surface area (Å²) in [6.45, 7) is 8.96. The van der Waals surface area contributed by atoms with E-state index in [1.165, 1.54) is 0 Å². The maximum atomic E-state index is 11.8. The first-order valence-corrected chi connectivity index (χ1v) is 7.39. The summed E-state index contributed by atoms with van der Waals surface area (Å²) in [5.74, 6) is -0.674. The van der Waals surface area contributed by atoms with Crippen molar-refractivity contribution in [3.8, 4) is 0 Å². The van der Waals surface area contributed by atoms with Gasteiger partial charge < -0.3 is 21.5 Å². The summed E-state index contributed by atoms with van der Waals surface area (Å²) in [6, 6.07) is 0. The van der Waals surface area contributed by atoms with E-state index in [4.69, 9.17) is 5.73 Å². The summed E-state index contributed by atoms with van der Waals surface area (Å²) >= 11 is 0. The predicted molar refractivity (Wildman–Crippen MR) is 83.6 cm³/mol. The molecule has 0 aliphatic carbocycles. The number of nitrogens with one attached hydrogen (secondary N) is 2. The number of aliphatic hydroxyl groups is 1. The highest BCUT2D eigenvalue weighted by Gasteiger charge is 2.28. The molecule has 0 bridgehead atoms. The van der Waals surface area contributed by atoms with Crippen molar-refractivity contribution < 1.29 is 14.7 Å². The van der Waals surface area contributed by atoms with Crippen LogP contribution in [0.15, 0.2) is 0 Å². The van der Waals surface area contributed by atoms with Gasteiger partial charge in [0.05, 0.1) is 12.5 Å². The molecular weight excluding hydrogens is 270 g/mol. The zero-order valence-electron chi connectivity index (χ0n) is 14.0. The van der Waals surface area contributed by atoms with Crippen molar-refractivity contribution in [2.24, 2.45) is 11.1 Å². The Hall–Kier alpha value is -1.14. The van der Waals surface area contributed by atoms with Gasteiger partial charge in [-0.15, -0.1) is 0 Å². The molecule has 0 saturated carbocycles. The number of nitrogens with two attached hydrogens (primary N) is 1. The minimum absolute atomic E-state index is 0.00121. The van der Waals surface area contributed by atoms with Crippen molar-refractivity contribution in [1.82, 2.24) is 10.6 Å². The third kappa shape index (κ3) is 10.3. The van der Waals surface area contributed by atoms with Crippen molar-refractivity contribution in [3.05, 3.63) is 0 Å². The Bertz CT molecular complexity index is 354. The summed E-state index contributed by atoms with van der Waals surface area (Å²) in [5.41, 5.74) is 4.94. The number of amides is 2. The summed E-state index contributed by atoms with van der Waals surface area (Å²) in [7, 11) is 1.92. The molecule has 1 unspecified atom stereocenters. The van der Waals surface area contributed by atoms with Crippen LogP contribution in [-0.4, -0.2) is 42.2 Å². The largest absolute Gasteiger partial charge is 0.393 e. The molecule has 6 nitrogen and oxygen atoms in total. The molecule has 21 heavy (non-hydrogen) atoms. The first-order valence-electron chi connectivity index (χ1n) is 7.39. The molecule has 0 rings (SSSR count). The van der Waals surface area contributed by atoms with E-state index < -0.39 is 12.0 Å². The molecule has 6 heteroatoms. The first-order chi connectivity index (χ1) is 9.47. The quantitative estimate of drug-likeness (QED) is 0.472. The van der Waals surface area contributed by atoms with Crippen LogP contribution in [-0.2, 0) is 9.59 Å².